The van der Waals surface area contributed by atoms with Gasteiger partial charge in [-0.25, -0.2) is 4.79 Å². The van der Waals surface area contributed by atoms with Gasteiger partial charge in [0.15, 0.2) is 0 Å². The van der Waals surface area contributed by atoms with Crippen LogP contribution in [-0.4, -0.2) is 30.2 Å². The lowest BCUT2D eigenvalue weighted by Gasteiger charge is -2.12. The van der Waals surface area contributed by atoms with Crippen molar-refractivity contribution in [3.05, 3.63) is 35.4 Å². The number of urea groups is 1. The summed E-state index contributed by atoms with van der Waals surface area (Å²) in [6, 6.07) is 7.84. The Hall–Kier alpha value is -2.04. The van der Waals surface area contributed by atoms with Crippen molar-refractivity contribution in [3.8, 4) is 0 Å². The second-order valence-electron chi connectivity index (χ2n) is 5.43. The summed E-state index contributed by atoms with van der Waals surface area (Å²) in [5.41, 5.74) is 1.66. The topological polar surface area (TPSA) is 78.4 Å². The van der Waals surface area contributed by atoms with Crippen LogP contribution in [-0.2, 0) is 11.2 Å². The molecule has 20 heavy (non-hydrogen) atoms. The van der Waals surface area contributed by atoms with Gasteiger partial charge < -0.3 is 15.7 Å². The quantitative estimate of drug-likeness (QED) is 0.740. The highest BCUT2D eigenvalue weighted by Crippen LogP contribution is 2.45. The summed E-state index contributed by atoms with van der Waals surface area (Å²) in [5.74, 6) is -0.822. The van der Waals surface area contributed by atoms with Gasteiger partial charge in [0.05, 0.1) is 5.41 Å². The molecule has 1 aromatic carbocycles. The minimum absolute atomic E-state index is 0.207. The number of benzene rings is 1. The third-order valence-electron chi connectivity index (χ3n) is 3.68. The molecule has 1 aliphatic rings. The number of carbonyl (C=O) groups excluding carboxylic acids is 1. The van der Waals surface area contributed by atoms with Crippen molar-refractivity contribution in [1.82, 2.24) is 10.6 Å². The van der Waals surface area contributed by atoms with E-state index in [1.54, 1.807) is 0 Å². The molecule has 0 aliphatic heterocycles. The van der Waals surface area contributed by atoms with Gasteiger partial charge in [0.2, 0.25) is 0 Å². The average Bonchev–Trinajstić information content (AvgIpc) is 3.18. The standard InChI is InChI=1S/C15H20N2O3/c1-11-3-2-4-12(9-11)5-8-16-14(20)17-10-15(6-7-15)13(18)19/h2-4,9H,5-8,10H2,1H3,(H,18,19)(H2,16,17,20). The highest BCUT2D eigenvalue weighted by Gasteiger charge is 2.50. The Morgan fingerprint density at radius 1 is 1.30 bits per heavy atom. The first-order valence-corrected chi connectivity index (χ1v) is 6.82. The number of rotatable bonds is 6. The molecular formula is C15H20N2O3. The predicted molar refractivity (Wildman–Crippen MR) is 75.6 cm³/mol. The largest absolute Gasteiger partial charge is 0.481 e. The zero-order valence-corrected chi connectivity index (χ0v) is 11.6. The molecule has 3 N–H and O–H groups in total. The van der Waals surface area contributed by atoms with Gasteiger partial charge in [0, 0.05) is 13.1 Å². The van der Waals surface area contributed by atoms with Crippen LogP contribution in [0.15, 0.2) is 24.3 Å². The lowest BCUT2D eigenvalue weighted by atomic mass is 10.1. The summed E-state index contributed by atoms with van der Waals surface area (Å²) in [6.07, 6.45) is 2.05. The third-order valence-corrected chi connectivity index (χ3v) is 3.68. The highest BCUT2D eigenvalue weighted by molar-refractivity contribution is 5.80. The van der Waals surface area contributed by atoms with Gasteiger partial charge in [-0.15, -0.1) is 0 Å². The van der Waals surface area contributed by atoms with Crippen LogP contribution in [0.4, 0.5) is 4.79 Å². The number of carboxylic acids is 1. The Balaban J connectivity index is 1.67. The molecule has 1 saturated carbocycles. The smallest absolute Gasteiger partial charge is 0.314 e. The van der Waals surface area contributed by atoms with Crippen LogP contribution in [0.5, 0.6) is 0 Å². The average molecular weight is 276 g/mol. The van der Waals surface area contributed by atoms with Gasteiger partial charge in [-0.2, -0.15) is 0 Å². The summed E-state index contributed by atoms with van der Waals surface area (Å²) < 4.78 is 0. The molecular weight excluding hydrogens is 256 g/mol. The van der Waals surface area contributed by atoms with Crippen LogP contribution in [0, 0.1) is 12.3 Å². The highest BCUT2D eigenvalue weighted by atomic mass is 16.4. The fourth-order valence-electron chi connectivity index (χ4n) is 2.12. The molecule has 0 aromatic heterocycles. The summed E-state index contributed by atoms with van der Waals surface area (Å²) >= 11 is 0. The normalized spacial score (nSPS) is 15.4. The fourth-order valence-corrected chi connectivity index (χ4v) is 2.12. The van der Waals surface area contributed by atoms with E-state index >= 15 is 0 Å². The molecule has 5 nitrogen and oxygen atoms in total. The Kier molecular flexibility index (Phi) is 4.27. The molecule has 0 bridgehead atoms. The van der Waals surface area contributed by atoms with Crippen molar-refractivity contribution in [3.63, 3.8) is 0 Å². The molecule has 0 atom stereocenters. The SMILES string of the molecule is Cc1cccc(CCNC(=O)NCC2(C(=O)O)CC2)c1. The number of carbonyl (C=O) groups is 2. The summed E-state index contributed by atoms with van der Waals surface area (Å²) in [5, 5.41) is 14.4. The lowest BCUT2D eigenvalue weighted by molar-refractivity contribution is -0.143. The van der Waals surface area contributed by atoms with Crippen LogP contribution >= 0.6 is 0 Å². The van der Waals surface area contributed by atoms with E-state index in [9.17, 15) is 9.59 Å². The first-order chi connectivity index (χ1) is 9.52. The van der Waals surface area contributed by atoms with Gasteiger partial charge in [-0.05, 0) is 31.7 Å². The number of aryl methyl sites for hydroxylation is 1. The van der Waals surface area contributed by atoms with Crippen LogP contribution in [0.3, 0.4) is 0 Å². The van der Waals surface area contributed by atoms with E-state index in [4.69, 9.17) is 5.11 Å². The molecule has 0 radical (unpaired) electrons. The van der Waals surface area contributed by atoms with Gasteiger partial charge in [0.1, 0.15) is 0 Å². The van der Waals surface area contributed by atoms with Crippen molar-refractivity contribution < 1.29 is 14.7 Å². The van der Waals surface area contributed by atoms with Crippen molar-refractivity contribution in [1.29, 1.82) is 0 Å². The maximum Gasteiger partial charge on any atom is 0.314 e. The molecule has 0 spiro atoms. The maximum atomic E-state index is 11.6. The van der Waals surface area contributed by atoms with E-state index in [1.165, 1.54) is 11.1 Å². The molecule has 0 unspecified atom stereocenters. The number of aliphatic carboxylic acids is 1. The molecule has 1 fully saturated rings. The molecule has 1 aromatic rings. The molecule has 0 saturated heterocycles. The second-order valence-corrected chi connectivity index (χ2v) is 5.43. The molecule has 1 aliphatic carbocycles. The Labute approximate surface area is 118 Å². The van der Waals surface area contributed by atoms with E-state index in [1.807, 2.05) is 25.1 Å². The second kappa shape index (κ2) is 5.94. The third kappa shape index (κ3) is 3.73. The van der Waals surface area contributed by atoms with Gasteiger partial charge >= 0.3 is 12.0 Å². The Bertz CT molecular complexity index is 510. The van der Waals surface area contributed by atoms with E-state index in [2.05, 4.69) is 16.7 Å². The fraction of sp³-hybridized carbons (Fsp3) is 0.467. The Morgan fingerprint density at radius 2 is 2.05 bits per heavy atom. The van der Waals surface area contributed by atoms with Crippen molar-refractivity contribution >= 4 is 12.0 Å². The van der Waals surface area contributed by atoms with Crippen molar-refractivity contribution in [2.75, 3.05) is 13.1 Å². The number of hydrogen-bond acceptors (Lipinski definition) is 2. The summed E-state index contributed by atoms with van der Waals surface area (Å²) in [6.45, 7) is 2.78. The van der Waals surface area contributed by atoms with Crippen molar-refractivity contribution in [2.24, 2.45) is 5.41 Å². The van der Waals surface area contributed by atoms with Crippen LogP contribution in [0.1, 0.15) is 24.0 Å². The lowest BCUT2D eigenvalue weighted by Crippen LogP contribution is -2.41. The Morgan fingerprint density at radius 3 is 2.65 bits per heavy atom. The van der Waals surface area contributed by atoms with E-state index < -0.39 is 11.4 Å². The zero-order chi connectivity index (χ0) is 14.6. The van der Waals surface area contributed by atoms with E-state index in [-0.39, 0.29) is 12.6 Å². The molecule has 2 amide bonds. The van der Waals surface area contributed by atoms with Gasteiger partial charge in [0.25, 0.3) is 0 Å². The molecule has 108 valence electrons. The van der Waals surface area contributed by atoms with Crippen LogP contribution in [0.25, 0.3) is 0 Å². The molecule has 2 rings (SSSR count). The van der Waals surface area contributed by atoms with Crippen LogP contribution < -0.4 is 10.6 Å². The van der Waals surface area contributed by atoms with Gasteiger partial charge in [-0.3, -0.25) is 4.79 Å². The monoisotopic (exact) mass is 276 g/mol. The molecule has 0 heterocycles. The minimum Gasteiger partial charge on any atom is -0.481 e. The van der Waals surface area contributed by atoms with Gasteiger partial charge in [-0.1, -0.05) is 29.8 Å². The first kappa shape index (κ1) is 14.4. The van der Waals surface area contributed by atoms with E-state index in [0.717, 1.165) is 6.42 Å². The maximum absolute atomic E-state index is 11.6. The van der Waals surface area contributed by atoms with Crippen LogP contribution in [0.2, 0.25) is 0 Å². The van der Waals surface area contributed by atoms with Crippen molar-refractivity contribution in [2.45, 2.75) is 26.2 Å². The number of amides is 2. The number of nitrogens with one attached hydrogen (secondary N) is 2. The summed E-state index contributed by atoms with van der Waals surface area (Å²) in [7, 11) is 0. The zero-order valence-electron chi connectivity index (χ0n) is 11.6. The summed E-state index contributed by atoms with van der Waals surface area (Å²) in [4.78, 5) is 22.5. The number of hydrogen-bond donors (Lipinski definition) is 3. The molecule has 5 heteroatoms. The first-order valence-electron chi connectivity index (χ1n) is 6.82. The minimum atomic E-state index is -0.822. The van der Waals surface area contributed by atoms with E-state index in [0.29, 0.717) is 19.4 Å². The number of carboxylic acid groups (broad SMARTS) is 1. The predicted octanol–water partition coefficient (Wildman–Crippen LogP) is 1.70.